The number of nitrogens with two attached hydrogens (primary N) is 1. The Balaban J connectivity index is 0. The van der Waals surface area contributed by atoms with E-state index in [1.165, 1.54) is 4.57 Å². The molecule has 0 saturated carbocycles. The average molecular weight is 666 g/mol. The summed E-state index contributed by atoms with van der Waals surface area (Å²) in [4.78, 5) is 56.1. The standard InChI is InChI=1S/C14H25N6O13P3.4Na/c1-2-3-4-16-14-19-8-11(15)17-6-18-12(8)20(14)13-10(22)9(21)7(31-13)5-30-35(26,27)33-36(28,29)32-34(23,24)25;;;;/h6-7,9-10,13,21-22H,2-5H2,1H3,(H,16,19)(H,26,27)(H,28,29)(H2,15,17,18)(H2,23,24,25);;;;/q;4*+1/p-4/t7-,9-,10-,13-;;;;/m1..../s1. The van der Waals surface area contributed by atoms with Crippen molar-refractivity contribution in [2.24, 2.45) is 0 Å². The molecule has 1 aliphatic rings. The summed E-state index contributed by atoms with van der Waals surface area (Å²) in [7, 11) is -18.2. The van der Waals surface area contributed by atoms with Gasteiger partial charge in [-0.3, -0.25) is 18.0 Å². The summed E-state index contributed by atoms with van der Waals surface area (Å²) in [5.41, 5.74) is 6.11. The Morgan fingerprint density at radius 3 is 2.25 bits per heavy atom. The smallest absolute Gasteiger partial charge is 0.790 e. The van der Waals surface area contributed by atoms with E-state index >= 15 is 0 Å². The first-order valence-electron chi connectivity index (χ1n) is 10.1. The number of nitrogens with one attached hydrogen (secondary N) is 1. The summed E-state index contributed by atoms with van der Waals surface area (Å²) < 4.78 is 51.1. The Bertz CT molecular complexity index is 1240. The summed E-state index contributed by atoms with van der Waals surface area (Å²) >= 11 is 0. The van der Waals surface area contributed by atoms with Crippen LogP contribution in [0.25, 0.3) is 11.2 Å². The molecule has 2 aromatic heterocycles. The first-order chi connectivity index (χ1) is 16.6. The summed E-state index contributed by atoms with van der Waals surface area (Å²) in [6.45, 7) is 1.32. The van der Waals surface area contributed by atoms with Crippen molar-refractivity contribution < 1.29 is 180 Å². The number of fused-ring (bicyclic) bond motifs is 1. The van der Waals surface area contributed by atoms with Crippen molar-refractivity contribution in [1.82, 2.24) is 19.5 Å². The van der Waals surface area contributed by atoms with Gasteiger partial charge in [-0.25, -0.2) is 19.3 Å². The predicted molar refractivity (Wildman–Crippen MR) is 110 cm³/mol. The number of nitrogen functional groups attached to an aromatic ring is 1. The van der Waals surface area contributed by atoms with Crippen LogP contribution in [0.3, 0.4) is 0 Å². The summed E-state index contributed by atoms with van der Waals surface area (Å²) in [6.07, 6.45) is -3.72. The van der Waals surface area contributed by atoms with Crippen LogP contribution >= 0.6 is 23.5 Å². The second-order valence-electron chi connectivity index (χ2n) is 7.36. The maximum Gasteiger partial charge on any atom is 1.00 e. The molecule has 5 N–H and O–H groups in total. The third kappa shape index (κ3) is 12.3. The van der Waals surface area contributed by atoms with Gasteiger partial charge in [0.2, 0.25) is 5.95 Å². The third-order valence-electron chi connectivity index (χ3n) is 4.71. The molecule has 0 amide bonds. The predicted octanol–water partition coefficient (Wildman–Crippen LogP) is -14.9. The topological polar surface area (TPSA) is 302 Å². The number of aliphatic hydroxyl groups excluding tert-OH is 2. The van der Waals surface area contributed by atoms with Crippen LogP contribution in [-0.2, 0) is 31.6 Å². The van der Waals surface area contributed by atoms with E-state index in [9.17, 15) is 43.5 Å². The Morgan fingerprint density at radius 1 is 1.05 bits per heavy atom. The van der Waals surface area contributed by atoms with E-state index in [2.05, 4.69) is 33.4 Å². The quantitative estimate of drug-likeness (QED) is 0.0928. The van der Waals surface area contributed by atoms with Gasteiger partial charge in [0, 0.05) is 6.54 Å². The van der Waals surface area contributed by atoms with E-state index in [0.717, 1.165) is 19.2 Å². The van der Waals surface area contributed by atoms with Gasteiger partial charge in [-0.05, 0) is 6.42 Å². The zero-order valence-corrected chi connectivity index (χ0v) is 33.0. The van der Waals surface area contributed by atoms with Crippen LogP contribution in [-0.4, -0.2) is 61.2 Å². The summed E-state index contributed by atoms with van der Waals surface area (Å²) in [6, 6.07) is 0. The molecule has 1 aliphatic heterocycles. The minimum absolute atomic E-state index is 0. The third-order valence-corrected chi connectivity index (χ3v) is 8.37. The van der Waals surface area contributed by atoms with Gasteiger partial charge in [0.25, 0.3) is 15.6 Å². The zero-order chi connectivity index (χ0) is 26.9. The number of aromatic nitrogens is 4. The first-order valence-corrected chi connectivity index (χ1v) is 14.5. The summed E-state index contributed by atoms with van der Waals surface area (Å²) in [5, 5.41) is 24.0. The number of imidazole rings is 1. The Hall–Kier alpha value is 2.44. The maximum atomic E-state index is 11.8. The van der Waals surface area contributed by atoms with Gasteiger partial charge in [-0.1, -0.05) is 13.3 Å². The molecule has 3 heterocycles. The van der Waals surface area contributed by atoms with Crippen molar-refractivity contribution in [3.63, 3.8) is 0 Å². The molecule has 19 nitrogen and oxygen atoms in total. The normalized spacial score (nSPS) is 23.5. The molecule has 1 fully saturated rings. The van der Waals surface area contributed by atoms with Crippen molar-refractivity contribution in [2.45, 2.75) is 44.3 Å². The van der Waals surface area contributed by atoms with E-state index in [1.807, 2.05) is 6.92 Å². The molecule has 0 aliphatic carbocycles. The Labute approximate surface area is 316 Å². The van der Waals surface area contributed by atoms with Crippen LogP contribution in [0.4, 0.5) is 11.8 Å². The molecular formula is C14H21N6Na4O13P3. The molecular weight excluding hydrogens is 645 g/mol. The van der Waals surface area contributed by atoms with Crippen LogP contribution in [0.15, 0.2) is 6.33 Å². The minimum atomic E-state index is -6.17. The molecule has 6 atom stereocenters. The maximum absolute atomic E-state index is 11.8. The van der Waals surface area contributed by atoms with Gasteiger partial charge in [-0.15, -0.1) is 0 Å². The van der Waals surface area contributed by atoms with Gasteiger partial charge in [0.1, 0.15) is 24.6 Å². The van der Waals surface area contributed by atoms with E-state index in [0.29, 0.717) is 6.54 Å². The first kappa shape index (κ1) is 44.6. The molecule has 3 rings (SSSR count). The van der Waals surface area contributed by atoms with Crippen LogP contribution < -0.4 is 149 Å². The molecule has 0 bridgehead atoms. The average Bonchev–Trinajstić information content (AvgIpc) is 3.22. The van der Waals surface area contributed by atoms with E-state index in [-0.39, 0.29) is 141 Å². The van der Waals surface area contributed by atoms with Gasteiger partial charge in [0.05, 0.1) is 14.4 Å². The van der Waals surface area contributed by atoms with E-state index < -0.39 is 54.6 Å². The molecule has 26 heteroatoms. The molecule has 40 heavy (non-hydrogen) atoms. The number of hydrogen-bond acceptors (Lipinski definition) is 18. The number of nitrogens with zero attached hydrogens (tertiary/aromatic N) is 4. The van der Waals surface area contributed by atoms with Crippen molar-refractivity contribution in [1.29, 1.82) is 0 Å². The van der Waals surface area contributed by atoms with Crippen LogP contribution in [0.2, 0.25) is 0 Å². The second kappa shape index (κ2) is 18.6. The number of phosphoric acid groups is 3. The molecule has 1 saturated heterocycles. The number of ether oxygens (including phenoxy) is 1. The minimum Gasteiger partial charge on any atom is -0.790 e. The SMILES string of the molecule is CCCCNc1nc2c(N)ncnc2n1[C@@H]1O[C@H](COP(=O)([O-])OP(=O)([O-])OP(=O)([O-])[O-])[C@@H](O)[C@H]1O.[Na+].[Na+].[Na+].[Na+]. The van der Waals surface area contributed by atoms with Crippen LogP contribution in [0, 0.1) is 0 Å². The number of rotatable bonds is 12. The van der Waals surface area contributed by atoms with Crippen LogP contribution in [0.1, 0.15) is 26.0 Å². The second-order valence-corrected chi connectivity index (χ2v) is 11.6. The molecule has 0 radical (unpaired) electrons. The molecule has 2 unspecified atom stereocenters. The molecule has 204 valence electrons. The Morgan fingerprint density at radius 2 is 1.68 bits per heavy atom. The number of aliphatic hydroxyl groups is 2. The van der Waals surface area contributed by atoms with Crippen molar-refractivity contribution in [2.75, 3.05) is 24.2 Å². The fourth-order valence-corrected chi connectivity index (χ4v) is 6.06. The molecule has 0 aromatic carbocycles. The molecule has 2 aromatic rings. The van der Waals surface area contributed by atoms with Crippen molar-refractivity contribution >= 4 is 46.4 Å². The van der Waals surface area contributed by atoms with Gasteiger partial charge >= 0.3 is 118 Å². The summed E-state index contributed by atoms with van der Waals surface area (Å²) in [5.74, 6) is 0.157. The van der Waals surface area contributed by atoms with Gasteiger partial charge in [-0.2, -0.15) is 0 Å². The van der Waals surface area contributed by atoms with Crippen LogP contribution in [0.5, 0.6) is 0 Å². The number of hydrogen-bond donors (Lipinski definition) is 4. The zero-order valence-electron chi connectivity index (χ0n) is 22.3. The van der Waals surface area contributed by atoms with E-state index in [4.69, 9.17) is 10.5 Å². The largest absolute Gasteiger partial charge is 1.00 e. The monoisotopic (exact) mass is 666 g/mol. The number of phosphoric ester groups is 1. The number of anilines is 2. The fraction of sp³-hybridized carbons (Fsp3) is 0.643. The van der Waals surface area contributed by atoms with Crippen molar-refractivity contribution in [3.8, 4) is 0 Å². The van der Waals surface area contributed by atoms with E-state index in [1.54, 1.807) is 0 Å². The Kier molecular flexibility index (Phi) is 20.7. The van der Waals surface area contributed by atoms with Crippen molar-refractivity contribution in [3.05, 3.63) is 6.33 Å². The molecule has 0 spiro atoms. The fourth-order valence-electron chi connectivity index (χ4n) is 3.20. The van der Waals surface area contributed by atoms with Gasteiger partial charge < -0.3 is 54.7 Å². The van der Waals surface area contributed by atoms with Gasteiger partial charge in [0.15, 0.2) is 23.2 Å². The number of unbranched alkanes of at least 4 members (excludes halogenated alkanes) is 1.